The van der Waals surface area contributed by atoms with Gasteiger partial charge >= 0.3 is 18.9 Å². The van der Waals surface area contributed by atoms with E-state index in [1.54, 1.807) is 0 Å². The molecule has 0 aromatic carbocycles. The van der Waals surface area contributed by atoms with Crippen molar-refractivity contribution in [3.05, 3.63) is 0 Å². The smallest absolute Gasteiger partial charge is 0.550 e. The van der Waals surface area contributed by atoms with Crippen LogP contribution >= 0.6 is 0 Å². The quantitative estimate of drug-likeness (QED) is 0.243. The van der Waals surface area contributed by atoms with Crippen LogP contribution in [0.1, 0.15) is 77.0 Å². The van der Waals surface area contributed by atoms with Gasteiger partial charge in [-0.3, -0.25) is 0 Å². The van der Waals surface area contributed by atoms with Crippen LogP contribution < -0.4 is 24.0 Å². The summed E-state index contributed by atoms with van der Waals surface area (Å²) in [5.41, 5.74) is 0. The number of rotatable bonds is 15. The molecule has 0 radical (unpaired) electrons. The molecule has 0 saturated carbocycles. The largest absolute Gasteiger partial charge is 1.00 e. The first-order valence-electron chi connectivity index (χ1n) is 8.24. The maximum atomic E-state index is 10.2. The fraction of sp³-hybridized carbons (Fsp3) is 0.938. The van der Waals surface area contributed by atoms with Crippen LogP contribution in [0.2, 0.25) is 0 Å². The van der Waals surface area contributed by atoms with Gasteiger partial charge in [-0.05, 0) is 32.1 Å². The zero-order chi connectivity index (χ0) is 15.9. The van der Waals surface area contributed by atoms with E-state index in [9.17, 15) is 20.1 Å². The predicted octanol–water partition coefficient (Wildman–Crippen LogP) is -1.86. The average Bonchev–Trinajstić information content (AvgIpc) is 2.45. The summed E-state index contributed by atoms with van der Waals surface area (Å²) in [5.74, 6) is -0.993. The van der Waals surface area contributed by atoms with Gasteiger partial charge in [-0.15, -0.1) is 0 Å². The number of aliphatic hydroxyl groups excluding tert-OH is 3. The number of carbonyl (C=O) groups excluding carboxylic acids is 1. The molecule has 0 aromatic heterocycles. The van der Waals surface area contributed by atoms with Crippen molar-refractivity contribution in [1.29, 1.82) is 0 Å². The van der Waals surface area contributed by atoms with Crippen molar-refractivity contribution in [2.24, 2.45) is 0 Å². The Bertz CT molecular complexity index is 251. The molecule has 126 valence electrons. The van der Waals surface area contributed by atoms with Crippen LogP contribution in [0.3, 0.4) is 0 Å². The second-order valence-corrected chi connectivity index (χ2v) is 5.74. The van der Waals surface area contributed by atoms with Crippen molar-refractivity contribution in [2.45, 2.75) is 89.3 Å². The van der Waals surface area contributed by atoms with Gasteiger partial charge in [-0.1, -0.05) is 44.9 Å². The summed E-state index contributed by atoms with van der Waals surface area (Å²) < 4.78 is 0. The summed E-state index contributed by atoms with van der Waals surface area (Å²) in [5, 5.41) is 38.5. The van der Waals surface area contributed by atoms with Gasteiger partial charge in [0.15, 0.2) is 0 Å². The van der Waals surface area contributed by atoms with Crippen LogP contribution in [-0.2, 0) is 4.79 Å². The van der Waals surface area contributed by atoms with Crippen LogP contribution in [0, 0.1) is 0 Å². The van der Waals surface area contributed by atoms with E-state index in [-0.39, 0.29) is 31.9 Å². The Hall–Kier alpha value is -0.0526. The minimum atomic E-state index is -0.993. The first-order chi connectivity index (χ1) is 10.1. The van der Waals surface area contributed by atoms with Crippen LogP contribution in [-0.4, -0.2) is 40.1 Å². The van der Waals surface area contributed by atoms with Gasteiger partial charge in [0.25, 0.3) is 0 Å². The fourth-order valence-corrected chi connectivity index (χ4v) is 2.36. The fourth-order valence-electron chi connectivity index (χ4n) is 2.36. The number of aliphatic carboxylic acids is 1. The van der Waals surface area contributed by atoms with Crippen molar-refractivity contribution < 1.29 is 44.1 Å². The molecule has 0 aliphatic heterocycles. The summed E-state index contributed by atoms with van der Waals surface area (Å²) in [4.78, 5) is 10.2. The number of carboxylic acid groups (broad SMARTS) is 1. The van der Waals surface area contributed by atoms with E-state index in [4.69, 9.17) is 5.11 Å². The van der Waals surface area contributed by atoms with Crippen LogP contribution in [0.4, 0.5) is 0 Å². The zero-order valence-corrected chi connectivity index (χ0v) is 14.0. The van der Waals surface area contributed by atoms with Gasteiger partial charge in [0.1, 0.15) is 0 Å². The maximum absolute atomic E-state index is 10.2. The minimum absolute atomic E-state index is 0. The van der Waals surface area contributed by atoms with E-state index in [1.807, 2.05) is 0 Å². The molecule has 5 nitrogen and oxygen atoms in total. The Morgan fingerprint density at radius 2 is 1.18 bits per heavy atom. The molecular formula is C16H31LiO5. The van der Waals surface area contributed by atoms with E-state index >= 15 is 0 Å². The monoisotopic (exact) mass is 310 g/mol. The molecule has 6 heteroatoms. The average molecular weight is 310 g/mol. The van der Waals surface area contributed by atoms with Crippen molar-refractivity contribution in [2.75, 3.05) is 6.61 Å². The standard InChI is InChI=1S/C16H32O5.Li/c17-13-9-5-4-7-11-15(19)14(18)10-6-2-1-3-8-12-16(20)21;/h14-15,17-19H,1-13H2,(H,20,21);/q;+1/p-1. The third-order valence-electron chi connectivity index (χ3n) is 3.73. The van der Waals surface area contributed by atoms with E-state index < -0.39 is 18.2 Å². The normalized spacial score (nSPS) is 13.4. The molecule has 22 heavy (non-hydrogen) atoms. The van der Waals surface area contributed by atoms with Crippen molar-refractivity contribution in [3.63, 3.8) is 0 Å². The summed E-state index contributed by atoms with van der Waals surface area (Å²) in [7, 11) is 0. The second kappa shape index (κ2) is 17.3. The van der Waals surface area contributed by atoms with Crippen molar-refractivity contribution in [3.8, 4) is 0 Å². The molecule has 0 heterocycles. The first-order valence-corrected chi connectivity index (χ1v) is 8.24. The summed E-state index contributed by atoms with van der Waals surface area (Å²) in [6, 6.07) is 0. The molecule has 3 N–H and O–H groups in total. The molecule has 0 rings (SSSR count). The van der Waals surface area contributed by atoms with E-state index in [0.717, 1.165) is 51.4 Å². The number of hydrogen-bond donors (Lipinski definition) is 3. The zero-order valence-electron chi connectivity index (χ0n) is 14.0. The number of carboxylic acids is 1. The number of aliphatic hydroxyl groups is 3. The van der Waals surface area contributed by atoms with Gasteiger partial charge < -0.3 is 25.2 Å². The Kier molecular flexibility index (Phi) is 19.0. The summed E-state index contributed by atoms with van der Waals surface area (Å²) in [6.07, 6.45) is 7.92. The molecule has 0 spiro atoms. The molecule has 2 unspecified atom stereocenters. The molecule has 0 aliphatic carbocycles. The Morgan fingerprint density at radius 1 is 0.773 bits per heavy atom. The van der Waals surface area contributed by atoms with Crippen molar-refractivity contribution in [1.82, 2.24) is 0 Å². The predicted molar refractivity (Wildman–Crippen MR) is 79.5 cm³/mol. The van der Waals surface area contributed by atoms with Crippen molar-refractivity contribution >= 4 is 5.97 Å². The number of carbonyl (C=O) groups is 1. The van der Waals surface area contributed by atoms with Gasteiger partial charge in [-0.25, -0.2) is 0 Å². The van der Waals surface area contributed by atoms with Gasteiger partial charge in [0.05, 0.1) is 12.2 Å². The van der Waals surface area contributed by atoms with E-state index in [0.29, 0.717) is 19.3 Å². The van der Waals surface area contributed by atoms with E-state index in [2.05, 4.69) is 0 Å². The number of hydrogen-bond acceptors (Lipinski definition) is 5. The Labute approximate surface area is 146 Å². The second-order valence-electron chi connectivity index (χ2n) is 5.74. The molecule has 0 saturated heterocycles. The third kappa shape index (κ3) is 16.3. The Morgan fingerprint density at radius 3 is 1.64 bits per heavy atom. The summed E-state index contributed by atoms with van der Waals surface area (Å²) in [6.45, 7) is 0.216. The van der Waals surface area contributed by atoms with Crippen LogP contribution in [0.5, 0.6) is 0 Å². The Balaban J connectivity index is 0. The van der Waals surface area contributed by atoms with Crippen LogP contribution in [0.25, 0.3) is 0 Å². The molecule has 0 bridgehead atoms. The molecule has 0 aliphatic rings. The molecule has 0 fully saturated rings. The van der Waals surface area contributed by atoms with Gasteiger partial charge in [0.2, 0.25) is 0 Å². The minimum Gasteiger partial charge on any atom is -0.550 e. The SMILES string of the molecule is O=C([O-])CCCCCCCC(O)C(O)CCCCCCO.[Li+]. The van der Waals surface area contributed by atoms with Crippen LogP contribution in [0.15, 0.2) is 0 Å². The molecule has 0 aromatic rings. The first kappa shape index (κ1) is 24.2. The maximum Gasteiger partial charge on any atom is 1.00 e. The molecular weight excluding hydrogens is 279 g/mol. The summed E-state index contributed by atoms with van der Waals surface area (Å²) >= 11 is 0. The van der Waals surface area contributed by atoms with E-state index in [1.165, 1.54) is 0 Å². The van der Waals surface area contributed by atoms with Gasteiger partial charge in [0, 0.05) is 12.6 Å². The number of unbranched alkanes of at least 4 members (excludes halogenated alkanes) is 7. The third-order valence-corrected chi connectivity index (χ3v) is 3.73. The molecule has 2 atom stereocenters. The van der Waals surface area contributed by atoms with Gasteiger partial charge in [-0.2, -0.15) is 0 Å². The topological polar surface area (TPSA) is 101 Å². The molecule has 0 amide bonds.